The molecule has 0 saturated heterocycles. The summed E-state index contributed by atoms with van der Waals surface area (Å²) < 4.78 is 5.55. The van der Waals surface area contributed by atoms with Gasteiger partial charge < -0.3 is 15.6 Å². The maximum Gasteiger partial charge on any atom is 0.338 e. The number of aromatic nitrogens is 2. The molecule has 0 radical (unpaired) electrons. The summed E-state index contributed by atoms with van der Waals surface area (Å²) in [5.41, 5.74) is 6.53. The largest absolute Gasteiger partial charge is 0.478 e. The van der Waals surface area contributed by atoms with Crippen molar-refractivity contribution in [3.8, 4) is 11.6 Å². The number of carboxylic acid groups (broad SMARTS) is 1. The van der Waals surface area contributed by atoms with Crippen LogP contribution in [0.2, 0.25) is 0 Å². The van der Waals surface area contributed by atoms with Crippen LogP contribution in [0.3, 0.4) is 0 Å². The molecule has 0 fully saturated rings. The first kappa shape index (κ1) is 12.9. The number of carbonyl (C=O) groups is 1. The van der Waals surface area contributed by atoms with Gasteiger partial charge in [0.15, 0.2) is 0 Å². The molecule has 3 N–H and O–H groups in total. The van der Waals surface area contributed by atoms with Crippen LogP contribution in [-0.2, 0) is 0 Å². The van der Waals surface area contributed by atoms with Crippen LogP contribution in [-0.4, -0.2) is 21.0 Å². The Hall–Kier alpha value is -3.15. The van der Waals surface area contributed by atoms with Gasteiger partial charge in [0.2, 0.25) is 5.88 Å². The van der Waals surface area contributed by atoms with E-state index in [9.17, 15) is 4.79 Å². The van der Waals surface area contributed by atoms with Gasteiger partial charge in [-0.25, -0.2) is 9.78 Å². The van der Waals surface area contributed by atoms with Crippen molar-refractivity contribution in [2.45, 2.75) is 0 Å². The number of benzene rings is 1. The van der Waals surface area contributed by atoms with E-state index >= 15 is 0 Å². The summed E-state index contributed by atoms with van der Waals surface area (Å²) in [6, 6.07) is 10.7. The van der Waals surface area contributed by atoms with Crippen molar-refractivity contribution in [2.75, 3.05) is 5.73 Å². The Kier molecular flexibility index (Phi) is 3.12. The molecule has 104 valence electrons. The Morgan fingerprint density at radius 1 is 1.19 bits per heavy atom. The molecule has 0 amide bonds. The fraction of sp³-hybridized carbons (Fsp3) is 0. The molecule has 0 atom stereocenters. The van der Waals surface area contributed by atoms with E-state index in [1.165, 1.54) is 18.5 Å². The van der Waals surface area contributed by atoms with Crippen LogP contribution in [0.4, 0.5) is 5.69 Å². The van der Waals surface area contributed by atoms with E-state index in [1.54, 1.807) is 6.07 Å². The van der Waals surface area contributed by atoms with Crippen molar-refractivity contribution in [2.24, 2.45) is 0 Å². The lowest BCUT2D eigenvalue weighted by Gasteiger charge is -2.09. The van der Waals surface area contributed by atoms with Crippen LogP contribution < -0.4 is 10.5 Å². The molecule has 0 aliphatic carbocycles. The Labute approximate surface area is 119 Å². The fourth-order valence-corrected chi connectivity index (χ4v) is 1.94. The van der Waals surface area contributed by atoms with E-state index in [0.717, 1.165) is 10.9 Å². The third-order valence-corrected chi connectivity index (χ3v) is 2.96. The summed E-state index contributed by atoms with van der Waals surface area (Å²) in [7, 11) is 0. The first-order chi connectivity index (χ1) is 10.1. The molecule has 0 aliphatic heterocycles. The van der Waals surface area contributed by atoms with Crippen LogP contribution in [0.5, 0.6) is 11.6 Å². The van der Waals surface area contributed by atoms with Crippen molar-refractivity contribution >= 4 is 22.6 Å². The predicted octanol–water partition coefficient (Wildman–Crippen LogP) is 2.70. The van der Waals surface area contributed by atoms with Gasteiger partial charge in [0.05, 0.1) is 17.3 Å². The Morgan fingerprint density at radius 2 is 2.00 bits per heavy atom. The highest BCUT2D eigenvalue weighted by Crippen LogP contribution is 2.28. The minimum absolute atomic E-state index is 0.0156. The van der Waals surface area contributed by atoms with E-state index < -0.39 is 5.97 Å². The third-order valence-electron chi connectivity index (χ3n) is 2.96. The molecule has 0 unspecified atom stereocenters. The Morgan fingerprint density at radius 3 is 2.81 bits per heavy atom. The van der Waals surface area contributed by atoms with E-state index in [4.69, 9.17) is 15.6 Å². The molecule has 0 aliphatic rings. The summed E-state index contributed by atoms with van der Waals surface area (Å²) >= 11 is 0. The zero-order valence-electron chi connectivity index (χ0n) is 10.9. The molecule has 21 heavy (non-hydrogen) atoms. The highest BCUT2D eigenvalue weighted by Gasteiger charge is 2.14. The summed E-state index contributed by atoms with van der Waals surface area (Å²) in [5.74, 6) is -0.640. The Bertz CT molecular complexity index is 833. The summed E-state index contributed by atoms with van der Waals surface area (Å²) in [5, 5.41) is 9.93. The van der Waals surface area contributed by atoms with Crippen molar-refractivity contribution in [3.05, 3.63) is 54.4 Å². The van der Waals surface area contributed by atoms with Gasteiger partial charge in [0, 0.05) is 11.6 Å². The van der Waals surface area contributed by atoms with Crippen molar-refractivity contribution in [1.29, 1.82) is 0 Å². The number of hydrogen-bond acceptors (Lipinski definition) is 5. The van der Waals surface area contributed by atoms with Gasteiger partial charge in [0.25, 0.3) is 0 Å². The van der Waals surface area contributed by atoms with Gasteiger partial charge in [-0.2, -0.15) is 0 Å². The van der Waals surface area contributed by atoms with Crippen LogP contribution in [0.15, 0.2) is 48.8 Å². The lowest BCUT2D eigenvalue weighted by Crippen LogP contribution is -2.05. The lowest BCUT2D eigenvalue weighted by molar-refractivity contribution is 0.0697. The highest BCUT2D eigenvalue weighted by atomic mass is 16.5. The van der Waals surface area contributed by atoms with Gasteiger partial charge in [0.1, 0.15) is 11.4 Å². The Balaban J connectivity index is 1.98. The molecule has 2 aromatic heterocycles. The van der Waals surface area contributed by atoms with Gasteiger partial charge >= 0.3 is 5.97 Å². The van der Waals surface area contributed by atoms with E-state index in [0.29, 0.717) is 5.75 Å². The molecular weight excluding hydrogens is 270 g/mol. The predicted molar refractivity (Wildman–Crippen MR) is 77.4 cm³/mol. The van der Waals surface area contributed by atoms with Crippen LogP contribution in [0.1, 0.15) is 10.4 Å². The maximum absolute atomic E-state index is 11.0. The molecule has 3 rings (SSSR count). The van der Waals surface area contributed by atoms with Crippen LogP contribution in [0.25, 0.3) is 10.9 Å². The first-order valence-corrected chi connectivity index (χ1v) is 6.15. The minimum atomic E-state index is -1.13. The maximum atomic E-state index is 11.0. The van der Waals surface area contributed by atoms with Crippen molar-refractivity contribution in [1.82, 2.24) is 9.97 Å². The number of nitrogens with two attached hydrogens (primary N) is 1. The smallest absolute Gasteiger partial charge is 0.338 e. The van der Waals surface area contributed by atoms with Crippen molar-refractivity contribution in [3.63, 3.8) is 0 Å². The van der Waals surface area contributed by atoms with E-state index in [-0.39, 0.29) is 17.1 Å². The van der Waals surface area contributed by atoms with Gasteiger partial charge in [-0.1, -0.05) is 18.2 Å². The van der Waals surface area contributed by atoms with E-state index in [2.05, 4.69) is 9.97 Å². The number of nitrogens with zero attached hydrogens (tertiary/aromatic N) is 2. The summed E-state index contributed by atoms with van der Waals surface area (Å²) in [4.78, 5) is 19.2. The molecule has 0 spiro atoms. The first-order valence-electron chi connectivity index (χ1n) is 6.15. The number of para-hydroxylation sites is 1. The average Bonchev–Trinajstić information content (AvgIpc) is 2.49. The van der Waals surface area contributed by atoms with Gasteiger partial charge in [-0.3, -0.25) is 4.98 Å². The number of rotatable bonds is 3. The topological polar surface area (TPSA) is 98.3 Å². The standard InChI is InChI=1S/C15H11N3O3/c16-13-11(15(19)20)5-6-17-14(13)21-10-7-9-3-1-2-4-12(9)18-8-10/h1-8H,16H2,(H,19,20). The monoisotopic (exact) mass is 281 g/mol. The second-order valence-electron chi connectivity index (χ2n) is 4.35. The normalized spacial score (nSPS) is 10.5. The summed E-state index contributed by atoms with van der Waals surface area (Å²) in [6.07, 6.45) is 2.88. The molecule has 0 saturated carbocycles. The van der Waals surface area contributed by atoms with Gasteiger partial charge in [-0.15, -0.1) is 0 Å². The molecule has 6 nitrogen and oxygen atoms in total. The second kappa shape index (κ2) is 5.09. The summed E-state index contributed by atoms with van der Waals surface area (Å²) in [6.45, 7) is 0. The number of aromatic carboxylic acids is 1. The zero-order valence-corrected chi connectivity index (χ0v) is 10.9. The number of ether oxygens (including phenoxy) is 1. The fourth-order valence-electron chi connectivity index (χ4n) is 1.94. The average molecular weight is 281 g/mol. The number of hydrogen-bond donors (Lipinski definition) is 2. The van der Waals surface area contributed by atoms with Crippen LogP contribution >= 0.6 is 0 Å². The second-order valence-corrected chi connectivity index (χ2v) is 4.35. The van der Waals surface area contributed by atoms with E-state index in [1.807, 2.05) is 24.3 Å². The minimum Gasteiger partial charge on any atom is -0.478 e. The SMILES string of the molecule is Nc1c(C(=O)O)ccnc1Oc1cnc2ccccc2c1. The van der Waals surface area contributed by atoms with Crippen molar-refractivity contribution < 1.29 is 14.6 Å². The van der Waals surface area contributed by atoms with Crippen LogP contribution in [0, 0.1) is 0 Å². The molecule has 3 aromatic rings. The quantitative estimate of drug-likeness (QED) is 0.765. The molecule has 0 bridgehead atoms. The molecular formula is C15H11N3O3. The molecule has 6 heteroatoms. The zero-order chi connectivity index (χ0) is 14.8. The number of pyridine rings is 2. The molecule has 2 heterocycles. The number of fused-ring (bicyclic) bond motifs is 1. The number of carboxylic acids is 1. The third kappa shape index (κ3) is 2.46. The molecule has 1 aromatic carbocycles. The lowest BCUT2D eigenvalue weighted by atomic mass is 10.2. The highest BCUT2D eigenvalue weighted by molar-refractivity contribution is 5.94. The number of nitrogen functional groups attached to an aromatic ring is 1. The number of anilines is 1. The van der Waals surface area contributed by atoms with Gasteiger partial charge in [-0.05, 0) is 18.2 Å².